The van der Waals surface area contributed by atoms with E-state index in [0.29, 0.717) is 13.1 Å². The zero-order chi connectivity index (χ0) is 23.1. The summed E-state index contributed by atoms with van der Waals surface area (Å²) >= 11 is 7.31. The molecule has 2 aliphatic heterocycles. The number of nitrogens with zero attached hydrogens (tertiary/aromatic N) is 8. The molecule has 0 saturated heterocycles. The number of aliphatic imine (C=N–C) groups is 2. The number of fused-ring (bicyclic) bond motifs is 2. The Hall–Kier alpha value is -3.38. The van der Waals surface area contributed by atoms with Crippen molar-refractivity contribution in [3.63, 3.8) is 0 Å². The van der Waals surface area contributed by atoms with Gasteiger partial charge >= 0.3 is 0 Å². The van der Waals surface area contributed by atoms with Crippen molar-refractivity contribution in [2.24, 2.45) is 9.98 Å². The second-order valence-electron chi connectivity index (χ2n) is 7.64. The second kappa shape index (κ2) is 8.76. The third kappa shape index (κ3) is 3.82. The lowest BCUT2D eigenvalue weighted by Crippen LogP contribution is -2.51. The average molecular weight is 582 g/mol. The fourth-order valence-corrected chi connectivity index (χ4v) is 4.94. The molecule has 170 valence electrons. The molecule has 0 fully saturated rings. The quantitative estimate of drug-likeness (QED) is 0.375. The van der Waals surface area contributed by atoms with Gasteiger partial charge in [0.1, 0.15) is 5.52 Å². The molecule has 0 saturated carbocycles. The van der Waals surface area contributed by atoms with Crippen molar-refractivity contribution in [3.05, 3.63) is 58.0 Å². The Morgan fingerprint density at radius 3 is 1.97 bits per heavy atom. The largest absolute Gasteiger partial charge is 0.324 e. The topological polar surface area (TPSA) is 107 Å². The van der Waals surface area contributed by atoms with Gasteiger partial charge in [-0.25, -0.2) is 20.0 Å². The summed E-state index contributed by atoms with van der Waals surface area (Å²) in [4.78, 5) is 27.0. The molecule has 0 amide bonds. The minimum absolute atomic E-state index is 0.687. The van der Waals surface area contributed by atoms with Crippen LogP contribution in [0.3, 0.4) is 0 Å². The van der Waals surface area contributed by atoms with E-state index in [1.54, 1.807) is 24.8 Å². The van der Waals surface area contributed by atoms with Crippen molar-refractivity contribution in [2.45, 2.75) is 0 Å². The van der Waals surface area contributed by atoms with Gasteiger partial charge in [-0.1, -0.05) is 0 Å². The maximum atomic E-state index is 4.70. The molecule has 34 heavy (non-hydrogen) atoms. The van der Waals surface area contributed by atoms with Crippen LogP contribution in [0.1, 0.15) is 0 Å². The molecule has 6 rings (SSSR count). The van der Waals surface area contributed by atoms with Gasteiger partial charge in [0.15, 0.2) is 0 Å². The number of hydrazine groups is 1. The van der Waals surface area contributed by atoms with Gasteiger partial charge in [-0.3, -0.25) is 19.9 Å². The first-order chi connectivity index (χ1) is 16.7. The molecule has 4 aromatic rings. The van der Waals surface area contributed by atoms with E-state index in [-0.39, 0.29) is 0 Å². The molecule has 0 aliphatic carbocycles. The van der Waals surface area contributed by atoms with Gasteiger partial charge in [-0.15, -0.1) is 0 Å². The van der Waals surface area contributed by atoms with Gasteiger partial charge in [0.25, 0.3) is 0 Å². The van der Waals surface area contributed by atoms with E-state index in [4.69, 9.17) is 9.98 Å². The van der Waals surface area contributed by atoms with Gasteiger partial charge < -0.3 is 10.6 Å². The molecule has 0 bridgehead atoms. The highest BCUT2D eigenvalue weighted by molar-refractivity contribution is 9.11. The van der Waals surface area contributed by atoms with Crippen LogP contribution in [0.4, 0.5) is 11.4 Å². The summed E-state index contributed by atoms with van der Waals surface area (Å²) in [6.45, 7) is 2.87. The number of rotatable bonds is 3. The molecule has 10 nitrogen and oxygen atoms in total. The van der Waals surface area contributed by atoms with Crippen LogP contribution in [0.25, 0.3) is 22.1 Å². The van der Waals surface area contributed by atoms with Crippen LogP contribution in [0.15, 0.2) is 68.0 Å². The molecule has 2 aromatic carbocycles. The molecular formula is C22H18Br2N10. The van der Waals surface area contributed by atoms with Crippen LogP contribution < -0.4 is 10.6 Å². The van der Waals surface area contributed by atoms with E-state index in [1.807, 2.05) is 24.3 Å². The van der Waals surface area contributed by atoms with Crippen molar-refractivity contribution < 1.29 is 0 Å². The minimum Gasteiger partial charge on any atom is -0.324 e. The fraction of sp³-hybridized carbons (Fsp3) is 0.182. The van der Waals surface area contributed by atoms with Crippen LogP contribution >= 0.6 is 31.9 Å². The molecule has 2 aliphatic rings. The maximum absolute atomic E-state index is 4.70. The smallest absolute Gasteiger partial charge is 0.217 e. The predicted molar refractivity (Wildman–Crippen MR) is 140 cm³/mol. The molecule has 4 heterocycles. The lowest BCUT2D eigenvalue weighted by atomic mass is 10.2. The van der Waals surface area contributed by atoms with Crippen LogP contribution in [-0.4, -0.2) is 68.1 Å². The summed E-state index contributed by atoms with van der Waals surface area (Å²) < 4.78 is 1.74. The van der Waals surface area contributed by atoms with Crippen LogP contribution in [-0.2, 0) is 0 Å². The Labute approximate surface area is 211 Å². The van der Waals surface area contributed by atoms with Crippen molar-refractivity contribution >= 4 is 77.2 Å². The average Bonchev–Trinajstić information content (AvgIpc) is 3.50. The summed E-state index contributed by atoms with van der Waals surface area (Å²) in [5.41, 5.74) is 5.02. The Bertz CT molecular complexity index is 1440. The summed E-state index contributed by atoms with van der Waals surface area (Å²) in [7, 11) is 0. The van der Waals surface area contributed by atoms with E-state index >= 15 is 0 Å². The maximum Gasteiger partial charge on any atom is 0.217 e. The van der Waals surface area contributed by atoms with Crippen molar-refractivity contribution in [1.82, 2.24) is 30.0 Å². The highest BCUT2D eigenvalue weighted by Gasteiger charge is 2.30. The molecule has 12 heteroatoms. The standard InChI is InChI=1S/C22H18Br2N10/c23-13-11-17-18(27-4-3-26-17)12-16(13)32-22-30-8-10-34(22)33-9-7-29-21(33)31-14-1-2-15-20(19(14)24)28-6-5-25-15/h1-6,11-12H,7-10H2,(H,29,31)(H,30,32). The number of benzene rings is 2. The number of guanidine groups is 2. The molecule has 2 N–H and O–H groups in total. The zero-order valence-corrected chi connectivity index (χ0v) is 21.0. The number of anilines is 2. The van der Waals surface area contributed by atoms with Crippen molar-refractivity contribution in [3.8, 4) is 0 Å². The van der Waals surface area contributed by atoms with E-state index in [0.717, 1.165) is 67.4 Å². The van der Waals surface area contributed by atoms with Crippen LogP contribution in [0.2, 0.25) is 0 Å². The Morgan fingerprint density at radius 1 is 0.676 bits per heavy atom. The monoisotopic (exact) mass is 580 g/mol. The zero-order valence-electron chi connectivity index (χ0n) is 17.8. The van der Waals surface area contributed by atoms with Crippen LogP contribution in [0, 0.1) is 0 Å². The SMILES string of the molecule is Brc1cc2nccnc2cc1NC1=NCCN1N1CCN=C1Nc1ccc2nccnc2c1Br. The fourth-order valence-electron chi connectivity index (χ4n) is 3.98. The number of hydrogen-bond acceptors (Lipinski definition) is 10. The van der Waals surface area contributed by atoms with Gasteiger partial charge in [0.05, 0.1) is 58.6 Å². The number of hydrogen-bond donors (Lipinski definition) is 2. The predicted octanol–water partition coefficient (Wildman–Crippen LogP) is 3.88. The molecular weight excluding hydrogens is 564 g/mol. The first-order valence-electron chi connectivity index (χ1n) is 10.6. The summed E-state index contributed by atoms with van der Waals surface area (Å²) in [6, 6.07) is 7.84. The molecule has 2 aromatic heterocycles. The summed E-state index contributed by atoms with van der Waals surface area (Å²) in [5.74, 6) is 1.51. The molecule has 0 spiro atoms. The lowest BCUT2D eigenvalue weighted by molar-refractivity contribution is 0.162. The normalized spacial score (nSPS) is 15.7. The van der Waals surface area contributed by atoms with Gasteiger partial charge in [0.2, 0.25) is 11.9 Å². The number of aromatic nitrogens is 4. The van der Waals surface area contributed by atoms with Crippen molar-refractivity contribution in [2.75, 3.05) is 36.8 Å². The third-order valence-electron chi connectivity index (χ3n) is 5.56. The summed E-state index contributed by atoms with van der Waals surface area (Å²) in [5, 5.41) is 11.1. The minimum atomic E-state index is 0.687. The summed E-state index contributed by atoms with van der Waals surface area (Å²) in [6.07, 6.45) is 6.75. The third-order valence-corrected chi connectivity index (χ3v) is 7.02. The van der Waals surface area contributed by atoms with Gasteiger partial charge in [-0.2, -0.15) is 0 Å². The molecule has 0 unspecified atom stereocenters. The first kappa shape index (κ1) is 21.2. The Balaban J connectivity index is 1.24. The van der Waals surface area contributed by atoms with E-state index in [9.17, 15) is 0 Å². The van der Waals surface area contributed by atoms with Gasteiger partial charge in [0, 0.05) is 29.3 Å². The highest BCUT2D eigenvalue weighted by atomic mass is 79.9. The first-order valence-corrected chi connectivity index (χ1v) is 12.2. The second-order valence-corrected chi connectivity index (χ2v) is 9.28. The number of nitrogens with one attached hydrogen (secondary N) is 2. The Morgan fingerprint density at radius 2 is 1.26 bits per heavy atom. The van der Waals surface area contributed by atoms with E-state index < -0.39 is 0 Å². The lowest BCUT2D eigenvalue weighted by Gasteiger charge is -2.33. The Kier molecular flexibility index (Phi) is 5.46. The number of halogens is 2. The van der Waals surface area contributed by atoms with Crippen molar-refractivity contribution in [1.29, 1.82) is 0 Å². The van der Waals surface area contributed by atoms with E-state index in [1.165, 1.54) is 0 Å². The van der Waals surface area contributed by atoms with E-state index in [2.05, 4.69) is 72.4 Å². The molecule has 0 radical (unpaired) electrons. The molecule has 0 atom stereocenters. The highest BCUT2D eigenvalue weighted by Crippen LogP contribution is 2.30. The van der Waals surface area contributed by atoms with Crippen LogP contribution in [0.5, 0.6) is 0 Å². The van der Waals surface area contributed by atoms with Gasteiger partial charge in [-0.05, 0) is 56.1 Å².